The van der Waals surface area contributed by atoms with Gasteiger partial charge in [-0.2, -0.15) is 0 Å². The first-order chi connectivity index (χ1) is 14.0. The van der Waals surface area contributed by atoms with Gasteiger partial charge in [0.2, 0.25) is 5.91 Å². The topological polar surface area (TPSA) is 110 Å². The minimum absolute atomic E-state index is 0.231. The fourth-order valence-corrected chi connectivity index (χ4v) is 5.00. The monoisotopic (exact) mass is 401 g/mol. The minimum atomic E-state index is -0.856. The predicted octanol–water partition coefficient (Wildman–Crippen LogP) is -1.29. The molecule has 3 heterocycles. The van der Waals surface area contributed by atoms with Gasteiger partial charge in [-0.25, -0.2) is 14.8 Å². The van der Waals surface area contributed by atoms with Crippen molar-refractivity contribution < 1.29 is 19.8 Å². The number of aliphatic hydroxyl groups is 1. The molecule has 0 spiro atoms. The molecule has 0 saturated carbocycles. The van der Waals surface area contributed by atoms with E-state index in [0.717, 1.165) is 42.9 Å². The molecule has 156 valence electrons. The molecule has 2 amide bonds. The zero-order valence-corrected chi connectivity index (χ0v) is 16.4. The molecule has 2 fully saturated rings. The van der Waals surface area contributed by atoms with E-state index in [0.29, 0.717) is 32.1 Å². The molecule has 1 aromatic heterocycles. The van der Waals surface area contributed by atoms with E-state index >= 15 is 0 Å². The molecule has 9 heteroatoms. The molecule has 4 rings (SSSR count). The van der Waals surface area contributed by atoms with Crippen LogP contribution in [0.1, 0.15) is 19.3 Å². The molecule has 9 nitrogen and oxygen atoms in total. The molecule has 1 unspecified atom stereocenters. The molecule has 0 aromatic carbocycles. The number of aliphatic hydroxyl groups excluding tert-OH is 1. The van der Waals surface area contributed by atoms with E-state index in [4.69, 9.17) is 5.11 Å². The van der Waals surface area contributed by atoms with Gasteiger partial charge in [-0.15, -0.1) is 0 Å². The highest BCUT2D eigenvalue weighted by molar-refractivity contribution is 5.77. The van der Waals surface area contributed by atoms with Crippen LogP contribution in [0.15, 0.2) is 12.5 Å². The van der Waals surface area contributed by atoms with Crippen molar-refractivity contribution in [1.82, 2.24) is 24.7 Å². The number of nitrogens with zero attached hydrogens (tertiary/aromatic N) is 5. The second-order valence-electron chi connectivity index (χ2n) is 7.98. The first-order valence-corrected chi connectivity index (χ1v) is 10.1. The summed E-state index contributed by atoms with van der Waals surface area (Å²) in [6.07, 6.45) is 9.38. The van der Waals surface area contributed by atoms with Crippen molar-refractivity contribution in [3.8, 4) is 0 Å². The molecular weight excluding hydrogens is 374 g/mol. The number of piperidine rings is 1. The lowest BCUT2D eigenvalue weighted by Crippen LogP contribution is -2.63. The smallest absolute Gasteiger partial charge is 0.407 e. The third-order valence-electron chi connectivity index (χ3n) is 6.64. The molecule has 1 atom stereocenters. The van der Waals surface area contributed by atoms with Crippen molar-refractivity contribution in [3.05, 3.63) is 23.1 Å². The van der Waals surface area contributed by atoms with Crippen LogP contribution in [0.2, 0.25) is 0 Å². The quantitative estimate of drug-likeness (QED) is 0.648. The molecule has 3 aliphatic rings. The number of hydrogen-bond acceptors (Lipinski definition) is 6. The first-order valence-electron chi connectivity index (χ1n) is 10.1. The number of carboxylic acid groups (broad SMARTS) is 1. The van der Waals surface area contributed by atoms with Crippen LogP contribution in [0.5, 0.6) is 0 Å². The highest BCUT2D eigenvalue weighted by atomic mass is 16.4. The Labute approximate surface area is 169 Å². The SMILES string of the molecule is O=C(O)N1CCC(C2(N3CCN(C(=O)CO)CC3)C=c3ncncc3=CC2)CC1. The molecule has 0 radical (unpaired) electrons. The maximum atomic E-state index is 11.9. The van der Waals surface area contributed by atoms with Crippen LogP contribution in [0, 0.1) is 5.92 Å². The summed E-state index contributed by atoms with van der Waals surface area (Å²) in [5, 5.41) is 20.4. The van der Waals surface area contributed by atoms with Crippen molar-refractivity contribution in [3.63, 3.8) is 0 Å². The van der Waals surface area contributed by atoms with E-state index < -0.39 is 12.7 Å². The van der Waals surface area contributed by atoms with E-state index in [2.05, 4.69) is 27.0 Å². The van der Waals surface area contributed by atoms with Gasteiger partial charge in [-0.1, -0.05) is 6.08 Å². The number of carbonyl (C=O) groups is 2. The molecule has 2 aliphatic heterocycles. The normalized spacial score (nSPS) is 25.7. The summed E-state index contributed by atoms with van der Waals surface area (Å²) in [5.74, 6) is 0.0725. The van der Waals surface area contributed by atoms with Gasteiger partial charge in [0, 0.05) is 56.2 Å². The molecule has 0 bridgehead atoms. The van der Waals surface area contributed by atoms with Crippen LogP contribution in [0.4, 0.5) is 4.79 Å². The van der Waals surface area contributed by atoms with Crippen LogP contribution in [-0.2, 0) is 4.79 Å². The van der Waals surface area contributed by atoms with Gasteiger partial charge in [-0.3, -0.25) is 9.69 Å². The zero-order valence-electron chi connectivity index (χ0n) is 16.4. The number of likely N-dealkylation sites (tertiary alicyclic amines) is 1. The van der Waals surface area contributed by atoms with Gasteiger partial charge in [0.05, 0.1) is 5.35 Å². The number of rotatable bonds is 3. The number of fused-ring (bicyclic) bond motifs is 1. The molecule has 1 aromatic rings. The van der Waals surface area contributed by atoms with Gasteiger partial charge in [-0.05, 0) is 31.3 Å². The van der Waals surface area contributed by atoms with Crippen LogP contribution in [0.25, 0.3) is 12.2 Å². The molecule has 2 saturated heterocycles. The maximum absolute atomic E-state index is 11.9. The number of amides is 2. The highest BCUT2D eigenvalue weighted by Crippen LogP contribution is 2.39. The Bertz CT molecular complexity index is 890. The molecule has 1 aliphatic carbocycles. The van der Waals surface area contributed by atoms with E-state index in [-0.39, 0.29) is 11.4 Å². The summed E-state index contributed by atoms with van der Waals surface area (Å²) in [5.41, 5.74) is -0.250. The van der Waals surface area contributed by atoms with E-state index in [1.54, 1.807) is 11.2 Å². The number of aromatic nitrogens is 2. The van der Waals surface area contributed by atoms with Crippen molar-refractivity contribution in [2.24, 2.45) is 5.92 Å². The second kappa shape index (κ2) is 8.08. The summed E-state index contributed by atoms with van der Waals surface area (Å²) in [6.45, 7) is 3.22. The third kappa shape index (κ3) is 3.72. The Hall–Kier alpha value is -2.52. The lowest BCUT2D eigenvalue weighted by molar-refractivity contribution is -0.136. The fraction of sp³-hybridized carbons (Fsp3) is 0.600. The van der Waals surface area contributed by atoms with Crippen LogP contribution < -0.4 is 10.6 Å². The summed E-state index contributed by atoms with van der Waals surface area (Å²) in [6, 6.07) is 0. The average molecular weight is 401 g/mol. The van der Waals surface area contributed by atoms with Gasteiger partial charge in [0.1, 0.15) is 12.9 Å². The van der Waals surface area contributed by atoms with Gasteiger partial charge in [0.25, 0.3) is 0 Å². The van der Waals surface area contributed by atoms with Crippen molar-refractivity contribution in [1.29, 1.82) is 0 Å². The van der Waals surface area contributed by atoms with E-state index in [1.165, 1.54) is 4.90 Å². The molecule has 2 N–H and O–H groups in total. The maximum Gasteiger partial charge on any atom is 0.407 e. The second-order valence-corrected chi connectivity index (χ2v) is 7.98. The minimum Gasteiger partial charge on any atom is -0.465 e. The number of piperazine rings is 1. The predicted molar refractivity (Wildman–Crippen MR) is 105 cm³/mol. The van der Waals surface area contributed by atoms with Gasteiger partial charge in [0.15, 0.2) is 0 Å². The Morgan fingerprint density at radius 2 is 1.83 bits per heavy atom. The lowest BCUT2D eigenvalue weighted by Gasteiger charge is -2.52. The lowest BCUT2D eigenvalue weighted by atomic mass is 9.72. The van der Waals surface area contributed by atoms with Gasteiger partial charge >= 0.3 is 6.09 Å². The fourth-order valence-electron chi connectivity index (χ4n) is 5.00. The first kappa shape index (κ1) is 19.8. The average Bonchev–Trinajstić information content (AvgIpc) is 2.78. The zero-order chi connectivity index (χ0) is 20.4. The van der Waals surface area contributed by atoms with Gasteiger partial charge < -0.3 is 20.0 Å². The highest BCUT2D eigenvalue weighted by Gasteiger charge is 2.45. The van der Waals surface area contributed by atoms with Crippen molar-refractivity contribution in [2.45, 2.75) is 24.8 Å². The van der Waals surface area contributed by atoms with Crippen LogP contribution >= 0.6 is 0 Å². The molecule has 29 heavy (non-hydrogen) atoms. The summed E-state index contributed by atoms with van der Waals surface area (Å²) in [7, 11) is 0. The van der Waals surface area contributed by atoms with Crippen molar-refractivity contribution >= 4 is 24.2 Å². The number of carbonyl (C=O) groups excluding carboxylic acids is 1. The van der Waals surface area contributed by atoms with E-state index in [1.807, 2.05) is 6.20 Å². The standard InChI is InChI=1S/C20H27N5O4/c26-13-18(27)23-7-9-25(10-8-23)20(16-2-5-24(6-3-16)19(28)29)4-1-15-12-21-14-22-17(15)11-20/h1,11-12,14,16,26H,2-10,13H2,(H,28,29). The summed E-state index contributed by atoms with van der Waals surface area (Å²) >= 11 is 0. The molecular formula is C20H27N5O4. The Balaban J connectivity index is 1.62. The van der Waals surface area contributed by atoms with Crippen LogP contribution in [0.3, 0.4) is 0 Å². The third-order valence-corrected chi connectivity index (χ3v) is 6.64. The van der Waals surface area contributed by atoms with E-state index in [9.17, 15) is 14.7 Å². The summed E-state index contributed by atoms with van der Waals surface area (Å²) < 4.78 is 0. The summed E-state index contributed by atoms with van der Waals surface area (Å²) in [4.78, 5) is 37.4. The van der Waals surface area contributed by atoms with Crippen molar-refractivity contribution in [2.75, 3.05) is 45.9 Å². The Kier molecular flexibility index (Phi) is 5.51. The Morgan fingerprint density at radius 1 is 1.10 bits per heavy atom. The largest absolute Gasteiger partial charge is 0.465 e. The Morgan fingerprint density at radius 3 is 2.48 bits per heavy atom. The van der Waals surface area contributed by atoms with Crippen LogP contribution in [-0.4, -0.2) is 98.3 Å². The number of hydrogen-bond donors (Lipinski definition) is 2.